The van der Waals surface area contributed by atoms with Crippen molar-refractivity contribution in [3.63, 3.8) is 0 Å². The summed E-state index contributed by atoms with van der Waals surface area (Å²) in [5.41, 5.74) is 3.70. The van der Waals surface area contributed by atoms with Gasteiger partial charge in [-0.2, -0.15) is 8.42 Å². The summed E-state index contributed by atoms with van der Waals surface area (Å²) in [6, 6.07) is 18.8. The van der Waals surface area contributed by atoms with Crippen LogP contribution in [0.3, 0.4) is 0 Å². The van der Waals surface area contributed by atoms with E-state index in [1.807, 2.05) is 23.1 Å². The molecule has 2 aromatic carbocycles. The molecule has 0 aliphatic carbocycles. The third-order valence-corrected chi connectivity index (χ3v) is 6.48. The third-order valence-electron chi connectivity index (χ3n) is 6.48. The molecular formula is C23H28N2O6S. The maximum atomic E-state index is 13.2. The minimum Gasteiger partial charge on any atom is -0.444 e. The molecule has 2 atom stereocenters. The topological polar surface area (TPSA) is 107 Å². The number of hydrogen-bond acceptors (Lipinski definition) is 5. The highest BCUT2D eigenvalue weighted by Crippen LogP contribution is 2.36. The second-order valence-electron chi connectivity index (χ2n) is 8.46. The van der Waals surface area contributed by atoms with E-state index in [2.05, 4.69) is 41.3 Å². The Morgan fingerprint density at radius 3 is 2.19 bits per heavy atom. The third kappa shape index (κ3) is 5.47. The van der Waals surface area contributed by atoms with Gasteiger partial charge in [0.2, 0.25) is 0 Å². The first-order valence-corrected chi connectivity index (χ1v) is 12.2. The van der Waals surface area contributed by atoms with Gasteiger partial charge >= 0.3 is 16.5 Å². The molecule has 4 aliphatic heterocycles. The zero-order valence-corrected chi connectivity index (χ0v) is 18.5. The summed E-state index contributed by atoms with van der Waals surface area (Å²) in [6.07, 6.45) is 3.09. The lowest BCUT2D eigenvalue weighted by molar-refractivity contribution is -0.0462. The van der Waals surface area contributed by atoms with Crippen molar-refractivity contribution in [2.45, 2.75) is 31.4 Å². The van der Waals surface area contributed by atoms with Gasteiger partial charge in [0.15, 0.2) is 0 Å². The Bertz CT molecular complexity index is 1030. The Hall–Kier alpha value is -2.46. The first-order chi connectivity index (χ1) is 15.3. The van der Waals surface area contributed by atoms with E-state index >= 15 is 0 Å². The number of carbonyl (C=O) groups is 1. The standard InChI is InChI=1S/C23H26N2O2.H2O4S/c26-23(27-21-16-24-13-10-18(21)11-14-24)25-15-12-17-6-4-5-9-20(17)22(25)19-7-2-1-3-8-19;1-5(2,3)4/h1-9,18,21-22H,10-16H2;(H2,1,2,3,4)/t21-,22-;/m0./s1. The molecule has 0 aromatic heterocycles. The molecule has 172 valence electrons. The van der Waals surface area contributed by atoms with E-state index in [4.69, 9.17) is 22.3 Å². The van der Waals surface area contributed by atoms with Gasteiger partial charge in [-0.3, -0.25) is 18.9 Å². The van der Waals surface area contributed by atoms with Gasteiger partial charge in [0.1, 0.15) is 6.10 Å². The van der Waals surface area contributed by atoms with E-state index < -0.39 is 10.4 Å². The fraction of sp³-hybridized carbons (Fsp3) is 0.435. The van der Waals surface area contributed by atoms with Crippen molar-refractivity contribution < 1.29 is 27.1 Å². The van der Waals surface area contributed by atoms with Crippen molar-refractivity contribution in [1.82, 2.24) is 9.80 Å². The van der Waals surface area contributed by atoms with Gasteiger partial charge in [-0.05, 0) is 55.0 Å². The predicted molar refractivity (Wildman–Crippen MR) is 119 cm³/mol. The van der Waals surface area contributed by atoms with Crippen LogP contribution >= 0.6 is 0 Å². The molecule has 2 N–H and O–H groups in total. The number of amides is 1. The Kier molecular flexibility index (Phi) is 6.80. The fourth-order valence-electron chi connectivity index (χ4n) is 5.00. The van der Waals surface area contributed by atoms with Crippen molar-refractivity contribution in [2.75, 3.05) is 26.2 Å². The van der Waals surface area contributed by atoms with Gasteiger partial charge in [-0.15, -0.1) is 0 Å². The van der Waals surface area contributed by atoms with Crippen molar-refractivity contribution in [3.05, 3.63) is 71.3 Å². The number of piperidine rings is 3. The van der Waals surface area contributed by atoms with Crippen LogP contribution in [0.5, 0.6) is 0 Å². The lowest BCUT2D eigenvalue weighted by Crippen LogP contribution is -2.53. The maximum Gasteiger partial charge on any atom is 0.410 e. The smallest absolute Gasteiger partial charge is 0.410 e. The van der Waals surface area contributed by atoms with Crippen LogP contribution in [0.15, 0.2) is 54.6 Å². The van der Waals surface area contributed by atoms with Crippen LogP contribution in [-0.2, 0) is 21.6 Å². The van der Waals surface area contributed by atoms with E-state index in [0.29, 0.717) is 12.5 Å². The number of hydrogen-bond donors (Lipinski definition) is 2. The second-order valence-corrected chi connectivity index (χ2v) is 9.36. The van der Waals surface area contributed by atoms with Crippen molar-refractivity contribution >= 4 is 16.5 Å². The first kappa shape index (κ1) is 22.7. The van der Waals surface area contributed by atoms with Crippen molar-refractivity contribution in [2.24, 2.45) is 5.92 Å². The number of fused-ring (bicyclic) bond motifs is 4. The predicted octanol–water partition coefficient (Wildman–Crippen LogP) is 3.21. The summed E-state index contributed by atoms with van der Waals surface area (Å²) in [4.78, 5) is 17.6. The van der Waals surface area contributed by atoms with Crippen LogP contribution in [0.2, 0.25) is 0 Å². The van der Waals surface area contributed by atoms with Crippen LogP contribution in [-0.4, -0.2) is 65.7 Å². The molecule has 4 aliphatic rings. The zero-order chi connectivity index (χ0) is 22.7. The van der Waals surface area contributed by atoms with Gasteiger partial charge in [0, 0.05) is 13.1 Å². The Labute approximate surface area is 188 Å². The molecule has 2 aromatic rings. The largest absolute Gasteiger partial charge is 0.444 e. The molecule has 0 saturated carbocycles. The summed E-state index contributed by atoms with van der Waals surface area (Å²) >= 11 is 0. The lowest BCUT2D eigenvalue weighted by Gasteiger charge is -2.45. The molecular weight excluding hydrogens is 432 g/mol. The first-order valence-electron chi connectivity index (χ1n) is 10.8. The molecule has 8 nitrogen and oxygen atoms in total. The maximum absolute atomic E-state index is 13.2. The van der Waals surface area contributed by atoms with Crippen molar-refractivity contribution in [1.29, 1.82) is 0 Å². The molecule has 0 unspecified atom stereocenters. The van der Waals surface area contributed by atoms with Crippen LogP contribution in [0.4, 0.5) is 4.79 Å². The summed E-state index contributed by atoms with van der Waals surface area (Å²) in [5.74, 6) is 0.534. The van der Waals surface area contributed by atoms with Gasteiger partial charge < -0.3 is 4.74 Å². The quantitative estimate of drug-likeness (QED) is 0.663. The summed E-state index contributed by atoms with van der Waals surface area (Å²) < 4.78 is 37.7. The molecule has 0 spiro atoms. The molecule has 32 heavy (non-hydrogen) atoms. The minimum atomic E-state index is -4.67. The van der Waals surface area contributed by atoms with Crippen LogP contribution in [0, 0.1) is 5.92 Å². The Morgan fingerprint density at radius 1 is 0.938 bits per heavy atom. The van der Waals surface area contributed by atoms with Crippen LogP contribution in [0.1, 0.15) is 35.6 Å². The molecule has 3 fully saturated rings. The van der Waals surface area contributed by atoms with Crippen molar-refractivity contribution in [3.8, 4) is 0 Å². The minimum absolute atomic E-state index is 0.0496. The molecule has 3 saturated heterocycles. The average Bonchev–Trinajstić information content (AvgIpc) is 2.78. The zero-order valence-electron chi connectivity index (χ0n) is 17.7. The Balaban J connectivity index is 0.000000444. The Morgan fingerprint density at radius 2 is 1.56 bits per heavy atom. The molecule has 9 heteroatoms. The van der Waals surface area contributed by atoms with E-state index in [0.717, 1.165) is 44.5 Å². The number of nitrogens with zero attached hydrogens (tertiary/aromatic N) is 2. The molecule has 0 radical (unpaired) electrons. The number of rotatable bonds is 2. The SMILES string of the molecule is O=C(O[C@H]1CN2CCC1CC2)N1CCc2ccccc2[C@@H]1c1ccccc1.O=S(=O)(O)O. The second kappa shape index (κ2) is 9.58. The normalized spacial score (nSPS) is 26.5. The highest BCUT2D eigenvalue weighted by atomic mass is 32.3. The molecule has 2 bridgehead atoms. The van der Waals surface area contributed by atoms with Gasteiger partial charge in [0.05, 0.1) is 6.04 Å². The van der Waals surface area contributed by atoms with E-state index in [-0.39, 0.29) is 18.2 Å². The van der Waals surface area contributed by atoms with Crippen LogP contribution < -0.4 is 0 Å². The number of benzene rings is 2. The average molecular weight is 461 g/mol. The lowest BCUT2D eigenvalue weighted by atomic mass is 9.86. The highest BCUT2D eigenvalue weighted by molar-refractivity contribution is 7.79. The summed E-state index contributed by atoms with van der Waals surface area (Å²) in [5, 5.41) is 0. The molecule has 4 heterocycles. The van der Waals surface area contributed by atoms with E-state index in [9.17, 15) is 4.79 Å². The summed E-state index contributed by atoms with van der Waals surface area (Å²) in [6.45, 7) is 3.91. The molecule has 6 rings (SSSR count). The van der Waals surface area contributed by atoms with E-state index in [1.165, 1.54) is 11.1 Å². The summed E-state index contributed by atoms with van der Waals surface area (Å²) in [7, 11) is -4.67. The van der Waals surface area contributed by atoms with E-state index in [1.54, 1.807) is 0 Å². The number of carbonyl (C=O) groups excluding carboxylic acids is 1. The highest BCUT2D eigenvalue weighted by Gasteiger charge is 2.39. The number of ether oxygens (including phenoxy) is 1. The van der Waals surface area contributed by atoms with Crippen LogP contribution in [0.25, 0.3) is 0 Å². The van der Waals surface area contributed by atoms with Gasteiger partial charge in [0.25, 0.3) is 0 Å². The fourth-order valence-corrected chi connectivity index (χ4v) is 5.00. The van der Waals surface area contributed by atoms with Gasteiger partial charge in [-0.1, -0.05) is 54.6 Å². The molecule has 1 amide bonds. The van der Waals surface area contributed by atoms with Gasteiger partial charge in [-0.25, -0.2) is 4.79 Å². The monoisotopic (exact) mass is 460 g/mol.